The maximum absolute atomic E-state index is 12.3. The maximum atomic E-state index is 12.3. The van der Waals surface area contributed by atoms with E-state index in [0.717, 1.165) is 5.56 Å². The Labute approximate surface area is 139 Å². The van der Waals surface area contributed by atoms with Crippen molar-refractivity contribution in [3.63, 3.8) is 0 Å². The lowest BCUT2D eigenvalue weighted by atomic mass is 9.97. The van der Waals surface area contributed by atoms with Gasteiger partial charge in [-0.05, 0) is 25.0 Å². The highest BCUT2D eigenvalue weighted by Gasteiger charge is 2.29. The van der Waals surface area contributed by atoms with Crippen LogP contribution in [-0.2, 0) is 14.8 Å². The zero-order valence-electron chi connectivity index (χ0n) is 13.2. The largest absolute Gasteiger partial charge is 0.403 e. The number of carbonyl (C=O) groups excluding carboxylic acids is 1. The number of carbonyl (C=O) groups is 1. The second-order valence-electron chi connectivity index (χ2n) is 5.70. The van der Waals surface area contributed by atoms with Gasteiger partial charge in [0.2, 0.25) is 21.8 Å². The van der Waals surface area contributed by atoms with E-state index in [9.17, 15) is 13.2 Å². The van der Waals surface area contributed by atoms with Crippen LogP contribution in [0.5, 0.6) is 0 Å². The van der Waals surface area contributed by atoms with Gasteiger partial charge in [0.1, 0.15) is 0 Å². The summed E-state index contributed by atoms with van der Waals surface area (Å²) in [5.74, 6) is -0.167. The van der Waals surface area contributed by atoms with Gasteiger partial charge in [-0.2, -0.15) is 0 Å². The molecule has 1 aromatic carbocycles. The summed E-state index contributed by atoms with van der Waals surface area (Å²) in [7, 11) is -3.20. The minimum atomic E-state index is -3.20. The SMILES string of the molecule is CS(=O)(=O)N1CCC(C(=O)Nc2nnc(-c3ccccc3)o2)CC1. The quantitative estimate of drug-likeness (QED) is 0.892. The predicted octanol–water partition coefficient (Wildman–Crippen LogP) is 1.35. The lowest BCUT2D eigenvalue weighted by Gasteiger charge is -2.29. The first-order valence-corrected chi connectivity index (χ1v) is 9.43. The summed E-state index contributed by atoms with van der Waals surface area (Å²) in [6.07, 6.45) is 2.12. The number of piperidine rings is 1. The van der Waals surface area contributed by atoms with Gasteiger partial charge in [-0.15, -0.1) is 5.10 Å². The molecule has 24 heavy (non-hydrogen) atoms. The van der Waals surface area contributed by atoms with Crippen LogP contribution in [0.3, 0.4) is 0 Å². The van der Waals surface area contributed by atoms with Gasteiger partial charge in [0.25, 0.3) is 0 Å². The number of nitrogens with zero attached hydrogens (tertiary/aromatic N) is 3. The second-order valence-corrected chi connectivity index (χ2v) is 7.69. The average Bonchev–Trinajstić information content (AvgIpc) is 3.03. The topological polar surface area (TPSA) is 105 Å². The molecule has 0 spiro atoms. The van der Waals surface area contributed by atoms with Gasteiger partial charge in [0.15, 0.2) is 0 Å². The summed E-state index contributed by atoms with van der Waals surface area (Å²) in [5.41, 5.74) is 0.770. The van der Waals surface area contributed by atoms with Gasteiger partial charge in [-0.25, -0.2) is 12.7 Å². The summed E-state index contributed by atoms with van der Waals surface area (Å²) < 4.78 is 29.8. The van der Waals surface area contributed by atoms with Crippen molar-refractivity contribution in [2.45, 2.75) is 12.8 Å². The Bertz CT molecular complexity index is 811. The van der Waals surface area contributed by atoms with E-state index >= 15 is 0 Å². The lowest BCUT2D eigenvalue weighted by Crippen LogP contribution is -2.40. The molecule has 0 radical (unpaired) electrons. The first kappa shape index (κ1) is 16.6. The fraction of sp³-hybridized carbons (Fsp3) is 0.400. The van der Waals surface area contributed by atoms with Crippen molar-refractivity contribution in [2.75, 3.05) is 24.7 Å². The molecule has 9 heteroatoms. The van der Waals surface area contributed by atoms with Crippen LogP contribution in [0.25, 0.3) is 11.5 Å². The van der Waals surface area contributed by atoms with Crippen molar-refractivity contribution >= 4 is 21.9 Å². The third-order valence-electron chi connectivity index (χ3n) is 3.97. The Morgan fingerprint density at radius 2 is 1.88 bits per heavy atom. The predicted molar refractivity (Wildman–Crippen MR) is 87.5 cm³/mol. The van der Waals surface area contributed by atoms with Gasteiger partial charge >= 0.3 is 6.01 Å². The van der Waals surface area contributed by atoms with Gasteiger partial charge in [-0.1, -0.05) is 23.3 Å². The van der Waals surface area contributed by atoms with Crippen molar-refractivity contribution in [3.05, 3.63) is 30.3 Å². The number of aromatic nitrogens is 2. The molecule has 2 aromatic rings. The van der Waals surface area contributed by atoms with E-state index in [2.05, 4.69) is 15.5 Å². The molecule has 0 aliphatic carbocycles. The third-order valence-corrected chi connectivity index (χ3v) is 5.27. The summed E-state index contributed by atoms with van der Waals surface area (Å²) in [5, 5.41) is 10.3. The molecule has 1 aromatic heterocycles. The Morgan fingerprint density at radius 1 is 1.21 bits per heavy atom. The van der Waals surface area contributed by atoms with E-state index in [1.165, 1.54) is 10.6 Å². The van der Waals surface area contributed by atoms with E-state index < -0.39 is 10.0 Å². The Balaban J connectivity index is 1.59. The van der Waals surface area contributed by atoms with Gasteiger partial charge in [0.05, 0.1) is 6.26 Å². The summed E-state index contributed by atoms with van der Waals surface area (Å²) in [6, 6.07) is 9.30. The number of nitrogens with one attached hydrogen (secondary N) is 1. The van der Waals surface area contributed by atoms with Crippen molar-refractivity contribution in [1.82, 2.24) is 14.5 Å². The molecule has 128 valence electrons. The zero-order chi connectivity index (χ0) is 17.2. The molecule has 1 aliphatic rings. The van der Waals surface area contributed by atoms with Crippen LogP contribution >= 0.6 is 0 Å². The highest BCUT2D eigenvalue weighted by molar-refractivity contribution is 7.88. The molecule has 0 atom stereocenters. The molecule has 0 unspecified atom stereocenters. The number of hydrogen-bond acceptors (Lipinski definition) is 6. The molecule has 2 heterocycles. The standard InChI is InChI=1S/C15H18N4O4S/c1-24(21,22)19-9-7-11(8-10-19)13(20)16-15-18-17-14(23-15)12-5-3-2-4-6-12/h2-6,11H,7-10H2,1H3,(H,16,18,20). The van der Waals surface area contributed by atoms with Gasteiger partial charge < -0.3 is 4.42 Å². The number of anilines is 1. The van der Waals surface area contributed by atoms with E-state index in [-0.39, 0.29) is 17.8 Å². The third kappa shape index (κ3) is 3.80. The van der Waals surface area contributed by atoms with Crippen LogP contribution in [0.1, 0.15) is 12.8 Å². The van der Waals surface area contributed by atoms with Crippen molar-refractivity contribution in [1.29, 1.82) is 0 Å². The van der Waals surface area contributed by atoms with Crippen LogP contribution in [0.2, 0.25) is 0 Å². The molecule has 0 saturated carbocycles. The second kappa shape index (κ2) is 6.70. The number of benzene rings is 1. The first-order chi connectivity index (χ1) is 11.4. The Morgan fingerprint density at radius 3 is 2.50 bits per heavy atom. The van der Waals surface area contributed by atoms with E-state index in [1.54, 1.807) is 0 Å². The number of rotatable bonds is 4. The van der Waals surface area contributed by atoms with Crippen LogP contribution in [0, 0.1) is 5.92 Å². The number of sulfonamides is 1. The lowest BCUT2D eigenvalue weighted by molar-refractivity contribution is -0.121. The van der Waals surface area contributed by atoms with Crippen molar-refractivity contribution in [3.8, 4) is 11.5 Å². The van der Waals surface area contributed by atoms with Crippen molar-refractivity contribution in [2.24, 2.45) is 5.92 Å². The summed E-state index contributed by atoms with van der Waals surface area (Å²) in [6.45, 7) is 0.687. The molecule has 8 nitrogen and oxygen atoms in total. The number of amides is 1. The molecule has 0 bridgehead atoms. The Kier molecular flexibility index (Phi) is 4.63. The molecule has 3 rings (SSSR count). The van der Waals surface area contributed by atoms with Crippen LogP contribution in [0.4, 0.5) is 6.01 Å². The van der Waals surface area contributed by atoms with Crippen LogP contribution < -0.4 is 5.32 Å². The Hall–Kier alpha value is -2.26. The average molecular weight is 350 g/mol. The summed E-state index contributed by atoms with van der Waals surface area (Å²) >= 11 is 0. The molecule has 1 aliphatic heterocycles. The molecular formula is C15H18N4O4S. The molecule has 1 amide bonds. The molecule has 1 N–H and O–H groups in total. The van der Waals surface area contributed by atoms with E-state index in [4.69, 9.17) is 4.42 Å². The minimum Gasteiger partial charge on any atom is -0.403 e. The summed E-state index contributed by atoms with van der Waals surface area (Å²) in [4.78, 5) is 12.3. The van der Waals surface area contributed by atoms with Gasteiger partial charge in [0, 0.05) is 24.6 Å². The fourth-order valence-corrected chi connectivity index (χ4v) is 3.50. The molecular weight excluding hydrogens is 332 g/mol. The maximum Gasteiger partial charge on any atom is 0.322 e. The van der Waals surface area contributed by atoms with Crippen LogP contribution in [-0.4, -0.2) is 48.2 Å². The van der Waals surface area contributed by atoms with E-state index in [1.807, 2.05) is 30.3 Å². The molecule has 1 saturated heterocycles. The fourth-order valence-electron chi connectivity index (χ4n) is 2.63. The highest BCUT2D eigenvalue weighted by Crippen LogP contribution is 2.22. The monoisotopic (exact) mass is 350 g/mol. The number of hydrogen-bond donors (Lipinski definition) is 1. The minimum absolute atomic E-state index is 0.0457. The van der Waals surface area contributed by atoms with E-state index in [0.29, 0.717) is 31.8 Å². The zero-order valence-corrected chi connectivity index (χ0v) is 14.0. The smallest absolute Gasteiger partial charge is 0.322 e. The van der Waals surface area contributed by atoms with Gasteiger partial charge in [-0.3, -0.25) is 10.1 Å². The molecule has 1 fully saturated rings. The normalized spacial score (nSPS) is 16.9. The highest BCUT2D eigenvalue weighted by atomic mass is 32.2. The van der Waals surface area contributed by atoms with Crippen molar-refractivity contribution < 1.29 is 17.6 Å². The van der Waals surface area contributed by atoms with Crippen LogP contribution in [0.15, 0.2) is 34.7 Å². The first-order valence-electron chi connectivity index (χ1n) is 7.58.